The molecule has 1 rings (SSSR count). The van der Waals surface area contributed by atoms with Crippen molar-refractivity contribution in [1.82, 2.24) is 5.32 Å². The lowest BCUT2D eigenvalue weighted by Crippen LogP contribution is -2.44. The first-order chi connectivity index (χ1) is 8.91. The van der Waals surface area contributed by atoms with E-state index in [9.17, 15) is 9.59 Å². The summed E-state index contributed by atoms with van der Waals surface area (Å²) in [6, 6.07) is 6.17. The average molecular weight is 264 g/mol. The van der Waals surface area contributed by atoms with Crippen LogP contribution in [0.3, 0.4) is 0 Å². The fourth-order valence-electron chi connectivity index (χ4n) is 1.61. The Morgan fingerprint density at radius 3 is 2.63 bits per heavy atom. The Labute approximate surface area is 112 Å². The van der Waals surface area contributed by atoms with Crippen LogP contribution in [0.5, 0.6) is 0 Å². The van der Waals surface area contributed by atoms with E-state index in [1.54, 1.807) is 18.2 Å². The highest BCUT2D eigenvalue weighted by molar-refractivity contribution is 5.87. The van der Waals surface area contributed by atoms with Crippen molar-refractivity contribution in [3.63, 3.8) is 0 Å². The Bertz CT molecular complexity index is 458. The van der Waals surface area contributed by atoms with Crippen molar-refractivity contribution >= 4 is 11.9 Å². The minimum atomic E-state index is -0.951. The maximum atomic E-state index is 11.6. The summed E-state index contributed by atoms with van der Waals surface area (Å²) in [5, 5.41) is 11.6. The number of rotatable bonds is 6. The van der Waals surface area contributed by atoms with Gasteiger partial charge in [0, 0.05) is 6.54 Å². The first kappa shape index (κ1) is 15.2. The van der Waals surface area contributed by atoms with Gasteiger partial charge in [0.25, 0.3) is 0 Å². The highest BCUT2D eigenvalue weighted by Crippen LogP contribution is 2.06. The van der Waals surface area contributed by atoms with Crippen LogP contribution in [0.15, 0.2) is 24.3 Å². The second kappa shape index (κ2) is 6.89. The Morgan fingerprint density at radius 1 is 1.37 bits per heavy atom. The van der Waals surface area contributed by atoms with Crippen LogP contribution >= 0.6 is 0 Å². The minimum absolute atomic E-state index is 0.0929. The van der Waals surface area contributed by atoms with Crippen molar-refractivity contribution in [2.45, 2.75) is 26.3 Å². The molecule has 104 valence electrons. The summed E-state index contributed by atoms with van der Waals surface area (Å²) in [6.07, 6.45) is 0.581. The number of hydrogen-bond donors (Lipinski definition) is 3. The number of carbonyl (C=O) groups is 2. The van der Waals surface area contributed by atoms with Crippen LogP contribution in [0.2, 0.25) is 0 Å². The number of benzene rings is 1. The molecule has 0 heterocycles. The van der Waals surface area contributed by atoms with Gasteiger partial charge in [-0.15, -0.1) is 0 Å². The average Bonchev–Trinajstić information content (AvgIpc) is 2.37. The third-order valence-corrected chi connectivity index (χ3v) is 2.91. The van der Waals surface area contributed by atoms with Gasteiger partial charge in [0.2, 0.25) is 5.91 Å². The van der Waals surface area contributed by atoms with Crippen LogP contribution in [0.4, 0.5) is 0 Å². The Morgan fingerprint density at radius 2 is 2.05 bits per heavy atom. The van der Waals surface area contributed by atoms with E-state index in [0.29, 0.717) is 13.0 Å². The van der Waals surface area contributed by atoms with Crippen molar-refractivity contribution in [1.29, 1.82) is 0 Å². The molecule has 0 aliphatic carbocycles. The van der Waals surface area contributed by atoms with Gasteiger partial charge in [0.05, 0.1) is 11.6 Å². The zero-order valence-electron chi connectivity index (χ0n) is 11.2. The molecule has 19 heavy (non-hydrogen) atoms. The van der Waals surface area contributed by atoms with E-state index in [1.165, 1.54) is 0 Å². The SMILES string of the molecule is CC(C)[C@H](N)C(=O)NCCc1cccc(C(=O)O)c1. The molecule has 1 aromatic rings. The molecule has 5 heteroatoms. The monoisotopic (exact) mass is 264 g/mol. The number of hydrogen-bond acceptors (Lipinski definition) is 3. The predicted octanol–water partition coefficient (Wildman–Crippen LogP) is 1.03. The van der Waals surface area contributed by atoms with Crippen LogP contribution in [0.1, 0.15) is 29.8 Å². The minimum Gasteiger partial charge on any atom is -0.478 e. The second-order valence-electron chi connectivity index (χ2n) is 4.82. The molecular formula is C14H20N2O3. The van der Waals surface area contributed by atoms with Crippen molar-refractivity contribution in [2.24, 2.45) is 11.7 Å². The third kappa shape index (κ3) is 4.71. The lowest BCUT2D eigenvalue weighted by Gasteiger charge is -2.15. The summed E-state index contributed by atoms with van der Waals surface area (Å²) >= 11 is 0. The van der Waals surface area contributed by atoms with E-state index in [-0.39, 0.29) is 17.4 Å². The molecule has 0 bridgehead atoms. The van der Waals surface area contributed by atoms with Gasteiger partial charge in [-0.05, 0) is 30.0 Å². The number of aromatic carboxylic acids is 1. The summed E-state index contributed by atoms with van der Waals surface area (Å²) in [5.74, 6) is -1.03. The molecule has 0 radical (unpaired) electrons. The maximum absolute atomic E-state index is 11.6. The largest absolute Gasteiger partial charge is 0.478 e. The van der Waals surface area contributed by atoms with Gasteiger partial charge >= 0.3 is 5.97 Å². The summed E-state index contributed by atoms with van der Waals surface area (Å²) in [4.78, 5) is 22.4. The van der Waals surface area contributed by atoms with E-state index in [4.69, 9.17) is 10.8 Å². The van der Waals surface area contributed by atoms with Gasteiger partial charge in [0.15, 0.2) is 0 Å². The maximum Gasteiger partial charge on any atom is 0.335 e. The van der Waals surface area contributed by atoms with Crippen LogP contribution in [-0.2, 0) is 11.2 Å². The van der Waals surface area contributed by atoms with Gasteiger partial charge in [-0.2, -0.15) is 0 Å². The highest BCUT2D eigenvalue weighted by Gasteiger charge is 2.16. The van der Waals surface area contributed by atoms with Crippen molar-refractivity contribution < 1.29 is 14.7 Å². The molecule has 0 unspecified atom stereocenters. The zero-order chi connectivity index (χ0) is 14.4. The summed E-state index contributed by atoms with van der Waals surface area (Å²) in [5.41, 5.74) is 6.84. The Hall–Kier alpha value is -1.88. The standard InChI is InChI=1S/C14H20N2O3/c1-9(2)12(15)13(17)16-7-6-10-4-3-5-11(8-10)14(18)19/h3-5,8-9,12H,6-7,15H2,1-2H3,(H,16,17)(H,18,19)/t12-/m0/s1. The molecule has 0 saturated heterocycles. The normalized spacial score (nSPS) is 12.2. The van der Waals surface area contributed by atoms with E-state index >= 15 is 0 Å². The lowest BCUT2D eigenvalue weighted by atomic mass is 10.0. The smallest absolute Gasteiger partial charge is 0.335 e. The molecular weight excluding hydrogens is 244 g/mol. The van der Waals surface area contributed by atoms with Crippen LogP contribution in [0, 0.1) is 5.92 Å². The van der Waals surface area contributed by atoms with Gasteiger partial charge in [0.1, 0.15) is 0 Å². The molecule has 1 aromatic carbocycles. The molecule has 1 atom stereocenters. The van der Waals surface area contributed by atoms with Gasteiger partial charge in [-0.25, -0.2) is 4.79 Å². The van der Waals surface area contributed by atoms with Crippen LogP contribution in [-0.4, -0.2) is 29.6 Å². The van der Waals surface area contributed by atoms with Crippen LogP contribution in [0.25, 0.3) is 0 Å². The van der Waals surface area contributed by atoms with E-state index in [2.05, 4.69) is 5.32 Å². The summed E-state index contributed by atoms with van der Waals surface area (Å²) < 4.78 is 0. The number of nitrogens with two attached hydrogens (primary N) is 1. The van der Waals surface area contributed by atoms with Crippen molar-refractivity contribution in [3.05, 3.63) is 35.4 Å². The number of amides is 1. The van der Waals surface area contributed by atoms with Crippen LogP contribution < -0.4 is 11.1 Å². The van der Waals surface area contributed by atoms with E-state index in [1.807, 2.05) is 19.9 Å². The molecule has 0 aromatic heterocycles. The predicted molar refractivity (Wildman–Crippen MR) is 72.9 cm³/mol. The highest BCUT2D eigenvalue weighted by atomic mass is 16.4. The molecule has 0 aliphatic heterocycles. The fraction of sp³-hybridized carbons (Fsp3) is 0.429. The molecule has 0 saturated carbocycles. The zero-order valence-corrected chi connectivity index (χ0v) is 11.2. The molecule has 4 N–H and O–H groups in total. The molecule has 0 fully saturated rings. The summed E-state index contributed by atoms with van der Waals surface area (Å²) in [6.45, 7) is 4.23. The molecule has 0 spiro atoms. The molecule has 1 amide bonds. The van der Waals surface area contributed by atoms with Gasteiger partial charge < -0.3 is 16.2 Å². The summed E-state index contributed by atoms with van der Waals surface area (Å²) in [7, 11) is 0. The third-order valence-electron chi connectivity index (χ3n) is 2.91. The molecule has 5 nitrogen and oxygen atoms in total. The number of nitrogens with one attached hydrogen (secondary N) is 1. The van der Waals surface area contributed by atoms with Crippen molar-refractivity contribution in [2.75, 3.05) is 6.54 Å². The number of carbonyl (C=O) groups excluding carboxylic acids is 1. The van der Waals surface area contributed by atoms with E-state index < -0.39 is 12.0 Å². The van der Waals surface area contributed by atoms with E-state index in [0.717, 1.165) is 5.56 Å². The second-order valence-corrected chi connectivity index (χ2v) is 4.82. The Kier molecular flexibility index (Phi) is 5.51. The lowest BCUT2D eigenvalue weighted by molar-refractivity contribution is -0.123. The van der Waals surface area contributed by atoms with Gasteiger partial charge in [-0.1, -0.05) is 26.0 Å². The van der Waals surface area contributed by atoms with Crippen molar-refractivity contribution in [3.8, 4) is 0 Å². The van der Waals surface area contributed by atoms with Gasteiger partial charge in [-0.3, -0.25) is 4.79 Å². The quantitative estimate of drug-likeness (QED) is 0.715. The number of carboxylic acid groups (broad SMARTS) is 1. The Balaban J connectivity index is 2.47. The first-order valence-corrected chi connectivity index (χ1v) is 6.27. The number of carboxylic acids is 1. The first-order valence-electron chi connectivity index (χ1n) is 6.27. The topological polar surface area (TPSA) is 92.4 Å². The fourth-order valence-corrected chi connectivity index (χ4v) is 1.61. The molecule has 0 aliphatic rings.